The molecule has 2 aromatic rings. The molecule has 0 aromatic heterocycles. The molecule has 9 heteroatoms. The van der Waals surface area contributed by atoms with Crippen molar-refractivity contribution in [2.75, 3.05) is 23.7 Å². The third-order valence-electron chi connectivity index (χ3n) is 3.24. The van der Waals surface area contributed by atoms with Gasteiger partial charge in [0.25, 0.3) is 15.9 Å². The standard InChI is InChI=1S/C17H19N3O5S/c1-12(21)19-13-3-5-14(6-4-13)20-26(23,24)16-9-7-15(8-10-16)25-11-17(22)18-2/h3-10,20H,11H2,1-2H3,(H,18,22)(H,19,21). The molecule has 0 saturated carbocycles. The van der Waals surface area contributed by atoms with Crippen molar-refractivity contribution in [2.24, 2.45) is 0 Å². The van der Waals surface area contributed by atoms with Crippen LogP contribution in [0.5, 0.6) is 5.75 Å². The molecule has 0 aliphatic carbocycles. The molecule has 2 aromatic carbocycles. The molecule has 0 heterocycles. The lowest BCUT2D eigenvalue weighted by Crippen LogP contribution is -2.24. The van der Waals surface area contributed by atoms with Crippen LogP contribution in [-0.2, 0) is 19.6 Å². The molecule has 2 rings (SSSR count). The summed E-state index contributed by atoms with van der Waals surface area (Å²) in [7, 11) is -2.28. The van der Waals surface area contributed by atoms with Gasteiger partial charge < -0.3 is 15.4 Å². The first-order valence-corrected chi connectivity index (χ1v) is 9.12. The van der Waals surface area contributed by atoms with Crippen molar-refractivity contribution >= 4 is 33.2 Å². The van der Waals surface area contributed by atoms with E-state index in [0.717, 1.165) is 0 Å². The molecular weight excluding hydrogens is 358 g/mol. The number of nitrogens with one attached hydrogen (secondary N) is 3. The maximum atomic E-state index is 12.4. The van der Waals surface area contributed by atoms with Crippen LogP contribution in [0.2, 0.25) is 0 Å². The smallest absolute Gasteiger partial charge is 0.261 e. The van der Waals surface area contributed by atoms with E-state index in [0.29, 0.717) is 17.1 Å². The van der Waals surface area contributed by atoms with Gasteiger partial charge in [-0.15, -0.1) is 0 Å². The second-order valence-electron chi connectivity index (χ2n) is 5.30. The normalized spacial score (nSPS) is 10.7. The van der Waals surface area contributed by atoms with Gasteiger partial charge in [-0.05, 0) is 48.5 Å². The van der Waals surface area contributed by atoms with Gasteiger partial charge in [0, 0.05) is 25.3 Å². The van der Waals surface area contributed by atoms with E-state index >= 15 is 0 Å². The summed E-state index contributed by atoms with van der Waals surface area (Å²) in [5.41, 5.74) is 0.928. The molecule has 0 unspecified atom stereocenters. The summed E-state index contributed by atoms with van der Waals surface area (Å²) in [5.74, 6) is -0.115. The van der Waals surface area contributed by atoms with Gasteiger partial charge in [-0.2, -0.15) is 0 Å². The average molecular weight is 377 g/mol. The van der Waals surface area contributed by atoms with Gasteiger partial charge in [-0.1, -0.05) is 0 Å². The Hall–Kier alpha value is -3.07. The molecule has 0 aliphatic heterocycles. The predicted molar refractivity (Wildman–Crippen MR) is 97.6 cm³/mol. The Morgan fingerprint density at radius 1 is 0.962 bits per heavy atom. The highest BCUT2D eigenvalue weighted by Crippen LogP contribution is 2.20. The third kappa shape index (κ3) is 5.49. The molecule has 0 atom stereocenters. The van der Waals surface area contributed by atoms with Crippen molar-refractivity contribution in [3.05, 3.63) is 48.5 Å². The highest BCUT2D eigenvalue weighted by Gasteiger charge is 2.14. The van der Waals surface area contributed by atoms with Crippen molar-refractivity contribution in [3.63, 3.8) is 0 Å². The SMILES string of the molecule is CNC(=O)COc1ccc(S(=O)(=O)Nc2ccc(NC(C)=O)cc2)cc1. The average Bonchev–Trinajstić information content (AvgIpc) is 2.61. The molecular formula is C17H19N3O5S. The molecule has 8 nitrogen and oxygen atoms in total. The largest absolute Gasteiger partial charge is 0.484 e. The second-order valence-corrected chi connectivity index (χ2v) is 6.98. The van der Waals surface area contributed by atoms with Gasteiger partial charge in [-0.25, -0.2) is 8.42 Å². The Bertz CT molecular complexity index is 878. The number of ether oxygens (including phenoxy) is 1. The summed E-state index contributed by atoms with van der Waals surface area (Å²) in [6, 6.07) is 12.0. The minimum atomic E-state index is -3.77. The minimum Gasteiger partial charge on any atom is -0.484 e. The third-order valence-corrected chi connectivity index (χ3v) is 4.64. The maximum absolute atomic E-state index is 12.4. The number of anilines is 2. The zero-order valence-corrected chi connectivity index (χ0v) is 15.1. The van der Waals surface area contributed by atoms with Gasteiger partial charge in [0.2, 0.25) is 5.91 Å². The van der Waals surface area contributed by atoms with Crippen molar-refractivity contribution in [1.29, 1.82) is 0 Å². The second kappa shape index (κ2) is 8.34. The molecule has 0 radical (unpaired) electrons. The summed E-state index contributed by atoms with van der Waals surface area (Å²) in [4.78, 5) is 22.2. The fraction of sp³-hybridized carbons (Fsp3) is 0.176. The zero-order valence-electron chi connectivity index (χ0n) is 14.3. The van der Waals surface area contributed by atoms with Gasteiger partial charge in [0.05, 0.1) is 4.90 Å². The molecule has 26 heavy (non-hydrogen) atoms. The highest BCUT2D eigenvalue weighted by molar-refractivity contribution is 7.92. The molecule has 0 aliphatic rings. The Morgan fingerprint density at radius 2 is 1.54 bits per heavy atom. The number of benzene rings is 2. The molecule has 0 spiro atoms. The van der Waals surface area contributed by atoms with E-state index in [9.17, 15) is 18.0 Å². The number of amides is 2. The van der Waals surface area contributed by atoms with E-state index in [1.807, 2.05) is 0 Å². The summed E-state index contributed by atoms with van der Waals surface area (Å²) in [5, 5.41) is 5.02. The lowest BCUT2D eigenvalue weighted by atomic mass is 10.3. The molecule has 0 bridgehead atoms. The van der Waals surface area contributed by atoms with Crippen molar-refractivity contribution in [2.45, 2.75) is 11.8 Å². The van der Waals surface area contributed by atoms with Crippen LogP contribution < -0.4 is 20.1 Å². The van der Waals surface area contributed by atoms with E-state index in [4.69, 9.17) is 4.74 Å². The van der Waals surface area contributed by atoms with Gasteiger partial charge >= 0.3 is 0 Å². The van der Waals surface area contributed by atoms with Crippen LogP contribution in [-0.4, -0.2) is 33.9 Å². The first-order valence-electron chi connectivity index (χ1n) is 7.64. The summed E-state index contributed by atoms with van der Waals surface area (Å²) < 4.78 is 32.5. The number of hydrogen-bond donors (Lipinski definition) is 3. The lowest BCUT2D eigenvalue weighted by Gasteiger charge is -2.10. The predicted octanol–water partition coefficient (Wildman–Crippen LogP) is 1.57. The molecule has 0 saturated heterocycles. The molecule has 2 amide bonds. The van der Waals surface area contributed by atoms with Crippen LogP contribution in [0.25, 0.3) is 0 Å². The Kier molecular flexibility index (Phi) is 6.18. The number of rotatable bonds is 7. The van der Waals surface area contributed by atoms with Gasteiger partial charge in [0.15, 0.2) is 6.61 Å². The van der Waals surface area contributed by atoms with Crippen molar-refractivity contribution in [3.8, 4) is 5.75 Å². The van der Waals surface area contributed by atoms with E-state index in [-0.39, 0.29) is 23.3 Å². The summed E-state index contributed by atoms with van der Waals surface area (Å²) in [6.07, 6.45) is 0. The van der Waals surface area contributed by atoms with Crippen molar-refractivity contribution in [1.82, 2.24) is 5.32 Å². The molecule has 138 valence electrons. The first kappa shape index (κ1) is 19.3. The number of likely N-dealkylation sites (N-methyl/N-ethyl adjacent to an activating group) is 1. The fourth-order valence-electron chi connectivity index (χ4n) is 1.98. The number of hydrogen-bond acceptors (Lipinski definition) is 5. The van der Waals surface area contributed by atoms with Crippen LogP contribution in [0.3, 0.4) is 0 Å². The first-order chi connectivity index (χ1) is 12.3. The Labute approximate surface area is 151 Å². The monoisotopic (exact) mass is 377 g/mol. The lowest BCUT2D eigenvalue weighted by molar-refractivity contribution is -0.122. The molecule has 0 fully saturated rings. The minimum absolute atomic E-state index is 0.0516. The summed E-state index contributed by atoms with van der Waals surface area (Å²) in [6.45, 7) is 1.24. The summed E-state index contributed by atoms with van der Waals surface area (Å²) >= 11 is 0. The van der Waals surface area contributed by atoms with E-state index in [2.05, 4.69) is 15.4 Å². The van der Waals surface area contributed by atoms with Crippen molar-refractivity contribution < 1.29 is 22.7 Å². The van der Waals surface area contributed by atoms with Crippen LogP contribution in [0.15, 0.2) is 53.4 Å². The van der Waals surface area contributed by atoms with Gasteiger partial charge in [-0.3, -0.25) is 14.3 Å². The van der Waals surface area contributed by atoms with E-state index < -0.39 is 10.0 Å². The van der Waals surface area contributed by atoms with Crippen LogP contribution >= 0.6 is 0 Å². The number of carbonyl (C=O) groups is 2. The van der Waals surface area contributed by atoms with E-state index in [1.54, 1.807) is 24.3 Å². The molecule has 3 N–H and O–H groups in total. The Morgan fingerprint density at radius 3 is 2.08 bits per heavy atom. The van der Waals surface area contributed by atoms with E-state index in [1.165, 1.54) is 38.2 Å². The van der Waals surface area contributed by atoms with Crippen LogP contribution in [0.1, 0.15) is 6.92 Å². The Balaban J connectivity index is 2.05. The number of carbonyl (C=O) groups excluding carboxylic acids is 2. The zero-order chi connectivity index (χ0) is 19.2. The maximum Gasteiger partial charge on any atom is 0.261 e. The van der Waals surface area contributed by atoms with Gasteiger partial charge in [0.1, 0.15) is 5.75 Å². The fourth-order valence-corrected chi connectivity index (χ4v) is 3.03. The topological polar surface area (TPSA) is 114 Å². The quantitative estimate of drug-likeness (QED) is 0.678. The highest BCUT2D eigenvalue weighted by atomic mass is 32.2. The van der Waals surface area contributed by atoms with Crippen LogP contribution in [0, 0.1) is 0 Å². The number of sulfonamides is 1. The van der Waals surface area contributed by atoms with Crippen LogP contribution in [0.4, 0.5) is 11.4 Å².